The van der Waals surface area contributed by atoms with Crippen molar-refractivity contribution in [1.82, 2.24) is 10.2 Å². The molecule has 0 amide bonds. The maximum Gasteiger partial charge on any atom is 0.0947 e. The molecular formula is C11H23ClN2O2S. The smallest absolute Gasteiger partial charge is 0.0947 e. The van der Waals surface area contributed by atoms with E-state index in [1.54, 1.807) is 0 Å². The lowest BCUT2D eigenvalue weighted by atomic mass is 10.2. The van der Waals surface area contributed by atoms with Crippen molar-refractivity contribution in [3.8, 4) is 0 Å². The zero-order valence-corrected chi connectivity index (χ0v) is 12.1. The molecule has 1 saturated heterocycles. The van der Waals surface area contributed by atoms with E-state index in [4.69, 9.17) is 22.1 Å². The van der Waals surface area contributed by atoms with Gasteiger partial charge in [-0.05, 0) is 19.3 Å². The lowest BCUT2D eigenvalue weighted by molar-refractivity contribution is 0.0612. The number of hydrogen-bond donors (Lipinski definition) is 2. The van der Waals surface area contributed by atoms with E-state index >= 15 is 0 Å². The first-order valence-electron chi connectivity index (χ1n) is 5.82. The molecule has 0 unspecified atom stereocenters. The molecule has 4 nitrogen and oxygen atoms in total. The summed E-state index contributed by atoms with van der Waals surface area (Å²) in [5.74, 6) is 0. The third kappa shape index (κ3) is 5.97. The fourth-order valence-electron chi connectivity index (χ4n) is 1.79. The third-order valence-corrected chi connectivity index (χ3v) is 3.39. The Kier molecular flexibility index (Phi) is 9.08. The highest BCUT2D eigenvalue weighted by Gasteiger charge is 2.28. The number of aliphatic hydroxyl groups excluding tert-OH is 1. The second-order valence-electron chi connectivity index (χ2n) is 4.35. The fourth-order valence-corrected chi connectivity index (χ4v) is 1.97. The van der Waals surface area contributed by atoms with Crippen molar-refractivity contribution in [3.05, 3.63) is 0 Å². The van der Waals surface area contributed by atoms with Crippen LogP contribution < -0.4 is 5.32 Å². The molecule has 0 aromatic carbocycles. The molecule has 0 aliphatic carbocycles. The summed E-state index contributed by atoms with van der Waals surface area (Å²) in [5, 5.41) is 12.0. The predicted octanol–water partition coefficient (Wildman–Crippen LogP) is 0.817. The molecule has 0 saturated carbocycles. The molecule has 0 aromatic heterocycles. The number of nitrogens with zero attached hydrogens (tertiary/aromatic N) is 1. The number of aliphatic hydroxyl groups is 1. The molecule has 2 N–H and O–H groups in total. The standard InChI is InChI=1S/C11H22N2O2S.ClH/c1-13(2)11(16)10-7-9(8-12-10)15-6-4-3-5-14;/h9-10,12,14H,3-8H2,1-2H3;1H/t9-,10+;/m1./s1. The van der Waals surface area contributed by atoms with Gasteiger partial charge < -0.3 is 20.1 Å². The molecule has 0 radical (unpaired) electrons. The van der Waals surface area contributed by atoms with Crippen LogP contribution in [0.1, 0.15) is 19.3 Å². The van der Waals surface area contributed by atoms with Crippen LogP contribution in [-0.2, 0) is 4.74 Å². The van der Waals surface area contributed by atoms with Gasteiger partial charge in [0.05, 0.1) is 17.1 Å². The van der Waals surface area contributed by atoms with Gasteiger partial charge in [-0.15, -0.1) is 12.4 Å². The number of hydrogen-bond acceptors (Lipinski definition) is 4. The van der Waals surface area contributed by atoms with Gasteiger partial charge in [-0.1, -0.05) is 12.2 Å². The summed E-state index contributed by atoms with van der Waals surface area (Å²) < 4.78 is 5.71. The minimum Gasteiger partial charge on any atom is -0.396 e. The summed E-state index contributed by atoms with van der Waals surface area (Å²) in [6, 6.07) is 0.271. The van der Waals surface area contributed by atoms with Crippen LogP contribution in [0.3, 0.4) is 0 Å². The van der Waals surface area contributed by atoms with Crippen LogP contribution in [0.15, 0.2) is 0 Å². The van der Waals surface area contributed by atoms with Crippen LogP contribution in [0.25, 0.3) is 0 Å². The summed E-state index contributed by atoms with van der Waals surface area (Å²) in [6.07, 6.45) is 2.97. The van der Waals surface area contributed by atoms with E-state index in [0.29, 0.717) is 0 Å². The highest BCUT2D eigenvalue weighted by Crippen LogP contribution is 2.13. The van der Waals surface area contributed by atoms with Crippen molar-refractivity contribution in [3.63, 3.8) is 0 Å². The van der Waals surface area contributed by atoms with Crippen molar-refractivity contribution in [2.24, 2.45) is 0 Å². The number of rotatable bonds is 6. The van der Waals surface area contributed by atoms with Gasteiger partial charge in [-0.3, -0.25) is 0 Å². The Labute approximate surface area is 115 Å². The first-order chi connectivity index (χ1) is 7.65. The molecule has 0 bridgehead atoms. The number of ether oxygens (including phenoxy) is 1. The van der Waals surface area contributed by atoms with E-state index in [0.717, 1.165) is 37.4 Å². The second-order valence-corrected chi connectivity index (χ2v) is 4.77. The molecular weight excluding hydrogens is 260 g/mol. The zero-order valence-electron chi connectivity index (χ0n) is 10.5. The average Bonchev–Trinajstić information content (AvgIpc) is 2.72. The van der Waals surface area contributed by atoms with Crippen molar-refractivity contribution >= 4 is 29.6 Å². The van der Waals surface area contributed by atoms with Gasteiger partial charge in [0.2, 0.25) is 0 Å². The van der Waals surface area contributed by atoms with Crippen molar-refractivity contribution < 1.29 is 9.84 Å². The minimum absolute atomic E-state index is 0. The minimum atomic E-state index is 0. The number of halogens is 1. The SMILES string of the molecule is CN(C)C(=S)[C@@H]1C[C@@H](OCCCCO)CN1.Cl. The van der Waals surface area contributed by atoms with E-state index in [2.05, 4.69) is 5.32 Å². The molecule has 1 rings (SSSR count). The van der Waals surface area contributed by atoms with E-state index in [-0.39, 0.29) is 31.2 Å². The molecule has 2 atom stereocenters. The molecule has 6 heteroatoms. The summed E-state index contributed by atoms with van der Waals surface area (Å²) in [5.41, 5.74) is 0. The zero-order chi connectivity index (χ0) is 12.0. The highest BCUT2D eigenvalue weighted by atomic mass is 35.5. The van der Waals surface area contributed by atoms with Crippen molar-refractivity contribution in [1.29, 1.82) is 0 Å². The van der Waals surface area contributed by atoms with E-state index < -0.39 is 0 Å². The molecule has 1 heterocycles. The summed E-state index contributed by atoms with van der Waals surface area (Å²) in [4.78, 5) is 2.92. The van der Waals surface area contributed by atoms with Gasteiger partial charge in [-0.2, -0.15) is 0 Å². The number of likely N-dealkylation sites (N-methyl/N-ethyl adjacent to an activating group) is 1. The fraction of sp³-hybridized carbons (Fsp3) is 0.909. The number of thiocarbonyl (C=S) groups is 1. The average molecular weight is 283 g/mol. The van der Waals surface area contributed by atoms with Gasteiger partial charge >= 0.3 is 0 Å². The van der Waals surface area contributed by atoms with Gasteiger partial charge in [0.1, 0.15) is 0 Å². The van der Waals surface area contributed by atoms with Crippen LogP contribution in [0.4, 0.5) is 0 Å². The number of nitrogens with one attached hydrogen (secondary N) is 1. The molecule has 0 aromatic rings. The largest absolute Gasteiger partial charge is 0.396 e. The predicted molar refractivity (Wildman–Crippen MR) is 76.0 cm³/mol. The Morgan fingerprint density at radius 3 is 2.76 bits per heavy atom. The number of unbranched alkanes of at least 4 members (excludes halogenated alkanes) is 1. The normalized spacial score (nSPS) is 23.2. The molecule has 1 aliphatic heterocycles. The van der Waals surface area contributed by atoms with E-state index in [1.807, 2.05) is 19.0 Å². The summed E-state index contributed by atoms with van der Waals surface area (Å²) in [7, 11) is 3.94. The Morgan fingerprint density at radius 2 is 2.18 bits per heavy atom. The summed E-state index contributed by atoms with van der Waals surface area (Å²) in [6.45, 7) is 1.85. The maximum atomic E-state index is 8.64. The topological polar surface area (TPSA) is 44.7 Å². The second kappa shape index (κ2) is 9.05. The van der Waals surface area contributed by atoms with Crippen LogP contribution in [0.2, 0.25) is 0 Å². The molecule has 17 heavy (non-hydrogen) atoms. The monoisotopic (exact) mass is 282 g/mol. The Bertz CT molecular complexity index is 230. The quantitative estimate of drug-likeness (QED) is 0.558. The van der Waals surface area contributed by atoms with Gasteiger partial charge in [0, 0.05) is 33.9 Å². The van der Waals surface area contributed by atoms with Gasteiger partial charge in [-0.25, -0.2) is 0 Å². The molecule has 1 aliphatic rings. The first kappa shape index (κ1) is 17.1. The third-order valence-electron chi connectivity index (χ3n) is 2.74. The van der Waals surface area contributed by atoms with Gasteiger partial charge in [0.15, 0.2) is 0 Å². The Balaban J connectivity index is 0.00000256. The Hall–Kier alpha value is 0.0600. The molecule has 1 fully saturated rings. The molecule has 102 valence electrons. The Morgan fingerprint density at radius 1 is 1.47 bits per heavy atom. The van der Waals surface area contributed by atoms with Crippen molar-refractivity contribution in [2.45, 2.75) is 31.4 Å². The maximum absolute atomic E-state index is 8.64. The molecule has 0 spiro atoms. The highest BCUT2D eigenvalue weighted by molar-refractivity contribution is 7.80. The van der Waals surface area contributed by atoms with E-state index in [1.165, 1.54) is 0 Å². The van der Waals surface area contributed by atoms with E-state index in [9.17, 15) is 0 Å². The first-order valence-corrected chi connectivity index (χ1v) is 6.23. The summed E-state index contributed by atoms with van der Waals surface area (Å²) >= 11 is 5.32. The van der Waals surface area contributed by atoms with Crippen molar-refractivity contribution in [2.75, 3.05) is 33.9 Å². The van der Waals surface area contributed by atoms with Gasteiger partial charge in [0.25, 0.3) is 0 Å². The van der Waals surface area contributed by atoms with Crippen LogP contribution in [0.5, 0.6) is 0 Å². The van der Waals surface area contributed by atoms with Crippen LogP contribution in [0, 0.1) is 0 Å². The van der Waals surface area contributed by atoms with Crippen LogP contribution >= 0.6 is 24.6 Å². The lowest BCUT2D eigenvalue weighted by Crippen LogP contribution is -2.38. The van der Waals surface area contributed by atoms with Crippen LogP contribution in [-0.4, -0.2) is 61.0 Å². The lowest BCUT2D eigenvalue weighted by Gasteiger charge is -2.19.